The van der Waals surface area contributed by atoms with E-state index < -0.39 is 0 Å². The predicted octanol–water partition coefficient (Wildman–Crippen LogP) is 2.91. The fraction of sp³-hybridized carbons (Fsp3) is 0.278. The minimum atomic E-state index is -0.0656. The van der Waals surface area contributed by atoms with E-state index in [1.54, 1.807) is 24.4 Å². The molecule has 122 valence electrons. The van der Waals surface area contributed by atoms with Crippen LogP contribution in [0.4, 0.5) is 0 Å². The number of hydrogen-bond acceptors (Lipinski definition) is 5. The Kier molecular flexibility index (Phi) is 3.86. The van der Waals surface area contributed by atoms with Crippen LogP contribution < -0.4 is 4.74 Å². The average molecular weight is 323 g/mol. The molecule has 1 saturated heterocycles. The van der Waals surface area contributed by atoms with Gasteiger partial charge in [-0.2, -0.15) is 5.10 Å². The van der Waals surface area contributed by atoms with E-state index in [9.17, 15) is 4.79 Å². The molecule has 3 heterocycles. The highest BCUT2D eigenvalue weighted by molar-refractivity contribution is 5.96. The smallest absolute Gasteiger partial charge is 0.289 e. The van der Waals surface area contributed by atoms with Crippen LogP contribution in [-0.4, -0.2) is 40.2 Å². The van der Waals surface area contributed by atoms with Gasteiger partial charge in [0.05, 0.1) is 0 Å². The molecule has 2 aromatic heterocycles. The first kappa shape index (κ1) is 14.7. The van der Waals surface area contributed by atoms with Crippen LogP contribution >= 0.6 is 0 Å². The number of carbonyl (C=O) groups excluding carboxylic acids is 1. The number of fused-ring (bicyclic) bond motifs is 1. The summed E-state index contributed by atoms with van der Waals surface area (Å²) < 4.78 is 11.5. The second-order valence-corrected chi connectivity index (χ2v) is 5.82. The Morgan fingerprint density at radius 3 is 2.75 bits per heavy atom. The van der Waals surface area contributed by atoms with Crippen molar-refractivity contribution in [3.63, 3.8) is 0 Å². The Hall–Kier alpha value is -2.89. The molecule has 0 radical (unpaired) electrons. The number of hydrogen-bond donors (Lipinski definition) is 0. The summed E-state index contributed by atoms with van der Waals surface area (Å²) in [6.07, 6.45) is 3.20. The molecular weight excluding hydrogens is 306 g/mol. The Balaban J connectivity index is 1.39. The SMILES string of the molecule is O=C(c1cc2ccccc2o1)N1CCC(Oc2cccnn2)CC1. The van der Waals surface area contributed by atoms with Crippen molar-refractivity contribution in [3.8, 4) is 5.88 Å². The topological polar surface area (TPSA) is 68.5 Å². The third-order valence-electron chi connectivity index (χ3n) is 4.20. The van der Waals surface area contributed by atoms with E-state index in [0.29, 0.717) is 24.7 Å². The molecule has 4 rings (SSSR count). The van der Waals surface area contributed by atoms with Gasteiger partial charge >= 0.3 is 0 Å². The number of carbonyl (C=O) groups is 1. The Morgan fingerprint density at radius 1 is 1.17 bits per heavy atom. The molecule has 0 N–H and O–H groups in total. The molecule has 0 aliphatic carbocycles. The Bertz CT molecular complexity index is 806. The van der Waals surface area contributed by atoms with Crippen molar-refractivity contribution < 1.29 is 13.9 Å². The maximum Gasteiger partial charge on any atom is 0.289 e. The van der Waals surface area contributed by atoms with E-state index in [1.165, 1.54) is 0 Å². The summed E-state index contributed by atoms with van der Waals surface area (Å²) in [4.78, 5) is 14.4. The highest BCUT2D eigenvalue weighted by atomic mass is 16.5. The fourth-order valence-corrected chi connectivity index (χ4v) is 2.94. The van der Waals surface area contributed by atoms with Gasteiger partial charge in [-0.3, -0.25) is 4.79 Å². The molecule has 1 aliphatic heterocycles. The normalized spacial score (nSPS) is 15.6. The number of piperidine rings is 1. The molecule has 3 aromatic rings. The first-order valence-electron chi connectivity index (χ1n) is 8.02. The number of ether oxygens (including phenoxy) is 1. The van der Waals surface area contributed by atoms with Gasteiger partial charge in [-0.15, -0.1) is 5.10 Å². The van der Waals surface area contributed by atoms with Crippen molar-refractivity contribution in [3.05, 3.63) is 54.4 Å². The summed E-state index contributed by atoms with van der Waals surface area (Å²) in [7, 11) is 0. The van der Waals surface area contributed by atoms with Crippen LogP contribution in [0.2, 0.25) is 0 Å². The van der Waals surface area contributed by atoms with Crippen molar-refractivity contribution in [2.75, 3.05) is 13.1 Å². The van der Waals surface area contributed by atoms with E-state index in [2.05, 4.69) is 10.2 Å². The minimum Gasteiger partial charge on any atom is -0.473 e. The fourth-order valence-electron chi connectivity index (χ4n) is 2.94. The lowest BCUT2D eigenvalue weighted by molar-refractivity contribution is 0.0560. The minimum absolute atomic E-state index is 0.0569. The summed E-state index contributed by atoms with van der Waals surface area (Å²) in [6, 6.07) is 13.0. The van der Waals surface area contributed by atoms with Crippen LogP contribution in [0.5, 0.6) is 5.88 Å². The Morgan fingerprint density at radius 2 is 2.00 bits per heavy atom. The van der Waals surface area contributed by atoms with E-state index >= 15 is 0 Å². The summed E-state index contributed by atoms with van der Waals surface area (Å²) in [5, 5.41) is 8.68. The number of amides is 1. The number of nitrogens with zero attached hydrogens (tertiary/aromatic N) is 3. The molecule has 0 bridgehead atoms. The largest absolute Gasteiger partial charge is 0.473 e. The standard InChI is InChI=1S/C18H17N3O3/c22-18(16-12-13-4-1-2-5-15(13)24-16)21-10-7-14(8-11-21)23-17-6-3-9-19-20-17/h1-6,9,12,14H,7-8,10-11H2. The zero-order valence-electron chi connectivity index (χ0n) is 13.1. The van der Waals surface area contributed by atoms with Crippen molar-refractivity contribution in [2.45, 2.75) is 18.9 Å². The highest BCUT2D eigenvalue weighted by Gasteiger charge is 2.26. The number of rotatable bonds is 3. The molecule has 1 aliphatic rings. The van der Waals surface area contributed by atoms with Crippen LogP contribution in [0.25, 0.3) is 11.0 Å². The molecule has 24 heavy (non-hydrogen) atoms. The summed E-state index contributed by atoms with van der Waals surface area (Å²) in [6.45, 7) is 1.28. The van der Waals surface area contributed by atoms with Gasteiger partial charge in [0, 0.05) is 43.6 Å². The van der Waals surface area contributed by atoms with E-state index in [0.717, 1.165) is 23.8 Å². The molecule has 1 fully saturated rings. The zero-order valence-corrected chi connectivity index (χ0v) is 13.1. The first-order valence-corrected chi connectivity index (χ1v) is 8.02. The molecule has 6 nitrogen and oxygen atoms in total. The third-order valence-corrected chi connectivity index (χ3v) is 4.20. The predicted molar refractivity (Wildman–Crippen MR) is 87.8 cm³/mol. The van der Waals surface area contributed by atoms with Gasteiger partial charge in [-0.25, -0.2) is 0 Å². The van der Waals surface area contributed by atoms with Gasteiger partial charge in [-0.1, -0.05) is 18.2 Å². The molecule has 0 saturated carbocycles. The molecule has 1 aromatic carbocycles. The van der Waals surface area contributed by atoms with Crippen molar-refractivity contribution in [2.24, 2.45) is 0 Å². The molecule has 0 atom stereocenters. The molecular formula is C18H17N3O3. The monoisotopic (exact) mass is 323 g/mol. The van der Waals surface area contributed by atoms with Gasteiger partial charge in [0.25, 0.3) is 5.91 Å². The molecule has 1 amide bonds. The molecule has 6 heteroatoms. The molecule has 0 unspecified atom stereocenters. The van der Waals surface area contributed by atoms with Crippen molar-refractivity contribution in [1.82, 2.24) is 15.1 Å². The highest BCUT2D eigenvalue weighted by Crippen LogP contribution is 2.22. The number of likely N-dealkylation sites (tertiary alicyclic amines) is 1. The van der Waals surface area contributed by atoms with E-state index in [4.69, 9.17) is 9.15 Å². The number of para-hydroxylation sites is 1. The van der Waals surface area contributed by atoms with Gasteiger partial charge < -0.3 is 14.1 Å². The van der Waals surface area contributed by atoms with Crippen molar-refractivity contribution >= 4 is 16.9 Å². The van der Waals surface area contributed by atoms with Crippen LogP contribution in [0.1, 0.15) is 23.4 Å². The maximum atomic E-state index is 12.6. The maximum absolute atomic E-state index is 12.6. The number of aromatic nitrogens is 2. The number of furan rings is 1. The summed E-state index contributed by atoms with van der Waals surface area (Å²) in [5.41, 5.74) is 0.738. The van der Waals surface area contributed by atoms with Gasteiger partial charge in [0.1, 0.15) is 11.7 Å². The van der Waals surface area contributed by atoms with Crippen LogP contribution in [0.15, 0.2) is 53.1 Å². The van der Waals surface area contributed by atoms with E-state index in [-0.39, 0.29) is 12.0 Å². The zero-order chi connectivity index (χ0) is 16.4. The van der Waals surface area contributed by atoms with Crippen LogP contribution in [-0.2, 0) is 0 Å². The lowest BCUT2D eigenvalue weighted by atomic mass is 10.1. The second-order valence-electron chi connectivity index (χ2n) is 5.82. The van der Waals surface area contributed by atoms with Crippen molar-refractivity contribution in [1.29, 1.82) is 0 Å². The Labute approximate surface area is 139 Å². The lowest BCUT2D eigenvalue weighted by Crippen LogP contribution is -2.41. The van der Waals surface area contributed by atoms with Gasteiger partial charge in [0.2, 0.25) is 5.88 Å². The summed E-state index contributed by atoms with van der Waals surface area (Å²) >= 11 is 0. The number of benzene rings is 1. The third kappa shape index (κ3) is 2.95. The van der Waals surface area contributed by atoms with E-state index in [1.807, 2.05) is 29.2 Å². The van der Waals surface area contributed by atoms with Gasteiger partial charge in [-0.05, 0) is 18.2 Å². The van der Waals surface area contributed by atoms with Crippen LogP contribution in [0.3, 0.4) is 0 Å². The molecule has 0 spiro atoms. The second kappa shape index (κ2) is 6.31. The quantitative estimate of drug-likeness (QED) is 0.741. The summed E-state index contributed by atoms with van der Waals surface area (Å²) in [5.74, 6) is 0.855. The first-order chi connectivity index (χ1) is 11.8. The lowest BCUT2D eigenvalue weighted by Gasteiger charge is -2.31. The van der Waals surface area contributed by atoms with Crippen LogP contribution in [0, 0.1) is 0 Å². The van der Waals surface area contributed by atoms with Gasteiger partial charge in [0.15, 0.2) is 5.76 Å². The average Bonchev–Trinajstić information content (AvgIpc) is 3.07.